The first kappa shape index (κ1) is 8.82. The smallest absolute Gasteiger partial charge is 0.141 e. The van der Waals surface area contributed by atoms with E-state index in [9.17, 15) is 0 Å². The molecule has 2 heteroatoms. The summed E-state index contributed by atoms with van der Waals surface area (Å²) in [5.41, 5.74) is 0. The van der Waals surface area contributed by atoms with Gasteiger partial charge in [-0.1, -0.05) is 26.7 Å². The summed E-state index contributed by atoms with van der Waals surface area (Å²) in [5, 5.41) is 1.38. The lowest BCUT2D eigenvalue weighted by Gasteiger charge is -1.95. The number of hydrogen-bond acceptors (Lipinski definition) is 0. The van der Waals surface area contributed by atoms with Crippen molar-refractivity contribution in [3.63, 3.8) is 0 Å². The van der Waals surface area contributed by atoms with E-state index in [0.717, 1.165) is 0 Å². The molecule has 0 nitrogen and oxygen atoms in total. The maximum Gasteiger partial charge on any atom is 0.229 e. The van der Waals surface area contributed by atoms with Crippen molar-refractivity contribution in [3.05, 3.63) is 0 Å². The van der Waals surface area contributed by atoms with E-state index in [2.05, 4.69) is 13.8 Å². The van der Waals surface area contributed by atoms with Crippen molar-refractivity contribution >= 4 is 26.8 Å². The Morgan fingerprint density at radius 3 is 2.62 bits per heavy atom. The minimum Gasteiger partial charge on any atom is -0.141 e. The van der Waals surface area contributed by atoms with E-state index in [-0.39, 0.29) is 0 Å². The second kappa shape index (κ2) is 5.95. The number of unbranched alkanes of at least 4 members (excludes halogenated alkanes) is 1. The summed E-state index contributed by atoms with van der Waals surface area (Å²) in [6.45, 7) is 4.31. The molecular formula is C6H13AlCl. The normalized spacial score (nSPS) is 13.4. The molecule has 0 rings (SSSR count). The monoisotopic (exact) mass is 147 g/mol. The van der Waals surface area contributed by atoms with E-state index in [1.807, 2.05) is 0 Å². The summed E-state index contributed by atoms with van der Waals surface area (Å²) in [7, 11) is 0. The van der Waals surface area contributed by atoms with Crippen LogP contribution in [0.5, 0.6) is 0 Å². The molecule has 0 aromatic heterocycles. The Bertz CT molecular complexity index is 45.8. The predicted octanol–water partition coefficient (Wildman–Crippen LogP) is 2.49. The molecule has 0 aliphatic rings. The Hall–Kier alpha value is 0.822. The van der Waals surface area contributed by atoms with Gasteiger partial charge < -0.3 is 0 Å². The van der Waals surface area contributed by atoms with E-state index in [4.69, 9.17) is 11.6 Å². The lowest BCUT2D eigenvalue weighted by atomic mass is 10.4. The molecule has 1 atom stereocenters. The molecule has 0 aromatic rings. The molecule has 0 fully saturated rings. The fourth-order valence-corrected chi connectivity index (χ4v) is 2.03. The van der Waals surface area contributed by atoms with Crippen LogP contribution in [0.4, 0.5) is 0 Å². The minimum absolute atomic E-state index is 0.460. The van der Waals surface area contributed by atoms with E-state index < -0.39 is 0 Å². The van der Waals surface area contributed by atoms with Gasteiger partial charge in [0.05, 0.1) is 0 Å². The van der Waals surface area contributed by atoms with Crippen LogP contribution in [0.15, 0.2) is 0 Å². The van der Waals surface area contributed by atoms with E-state index in [0.29, 0.717) is 19.5 Å². The van der Waals surface area contributed by atoms with Crippen LogP contribution in [0.25, 0.3) is 0 Å². The summed E-state index contributed by atoms with van der Waals surface area (Å²) < 4.78 is 0.460. The van der Waals surface area contributed by atoms with E-state index >= 15 is 0 Å². The third-order valence-electron chi connectivity index (χ3n) is 1.05. The number of rotatable bonds is 4. The zero-order chi connectivity index (χ0) is 6.41. The third kappa shape index (κ3) is 6.82. The molecule has 0 aliphatic carbocycles. The highest BCUT2D eigenvalue weighted by molar-refractivity contribution is 6.52. The zero-order valence-corrected chi connectivity index (χ0v) is 7.56. The largest absolute Gasteiger partial charge is 0.229 e. The standard InChI is InChI=1S/C4H9.C2H4Cl.Al/c1-3-4-2;1-2-3;/h1,3-4H2,2H3;2H,1H3;. The highest BCUT2D eigenvalue weighted by Gasteiger charge is 1.96. The summed E-state index contributed by atoms with van der Waals surface area (Å²) >= 11 is 6.28. The number of halogens is 1. The minimum atomic E-state index is 0.460. The first-order chi connectivity index (χ1) is 3.77. The Labute approximate surface area is 63.3 Å². The summed E-state index contributed by atoms with van der Waals surface area (Å²) in [6, 6.07) is 0. The van der Waals surface area contributed by atoms with E-state index in [1.54, 1.807) is 0 Å². The van der Waals surface area contributed by atoms with Gasteiger partial charge in [-0.25, -0.2) is 0 Å². The van der Waals surface area contributed by atoms with Crippen LogP contribution < -0.4 is 0 Å². The van der Waals surface area contributed by atoms with Crippen LogP contribution in [-0.2, 0) is 0 Å². The van der Waals surface area contributed by atoms with Gasteiger partial charge in [0.25, 0.3) is 0 Å². The van der Waals surface area contributed by atoms with Crippen molar-refractivity contribution in [2.45, 2.75) is 36.2 Å². The Morgan fingerprint density at radius 2 is 2.25 bits per heavy atom. The molecule has 1 unspecified atom stereocenters. The second-order valence-electron chi connectivity index (χ2n) is 2.06. The molecule has 1 radical (unpaired) electrons. The summed E-state index contributed by atoms with van der Waals surface area (Å²) in [5.74, 6) is 0. The zero-order valence-electron chi connectivity index (χ0n) is 5.65. The van der Waals surface area contributed by atoms with Gasteiger partial charge in [-0.2, -0.15) is 0 Å². The lowest BCUT2D eigenvalue weighted by molar-refractivity contribution is 0.876. The van der Waals surface area contributed by atoms with Crippen molar-refractivity contribution in [3.8, 4) is 0 Å². The van der Waals surface area contributed by atoms with Gasteiger partial charge in [0.1, 0.15) is 0 Å². The van der Waals surface area contributed by atoms with Gasteiger partial charge >= 0.3 is 0 Å². The third-order valence-corrected chi connectivity index (χ3v) is 2.97. The molecule has 0 aromatic carbocycles. The molecule has 0 aliphatic heterocycles. The van der Waals surface area contributed by atoms with Crippen molar-refractivity contribution in [2.24, 2.45) is 0 Å². The molecule has 0 N–H and O–H groups in total. The van der Waals surface area contributed by atoms with Crippen LogP contribution in [0.1, 0.15) is 26.7 Å². The first-order valence-corrected chi connectivity index (χ1v) is 5.16. The Kier molecular flexibility index (Phi) is 6.56. The fraction of sp³-hybridized carbons (Fsp3) is 1.00. The molecular weight excluding hydrogens is 135 g/mol. The van der Waals surface area contributed by atoms with Crippen molar-refractivity contribution in [1.82, 2.24) is 0 Å². The topological polar surface area (TPSA) is 0 Å². The molecule has 0 saturated carbocycles. The maximum absolute atomic E-state index is 5.75. The van der Waals surface area contributed by atoms with Gasteiger partial charge in [-0.05, 0) is 4.24 Å². The summed E-state index contributed by atoms with van der Waals surface area (Å²) in [6.07, 6.45) is 2.68. The van der Waals surface area contributed by atoms with Crippen molar-refractivity contribution in [2.75, 3.05) is 0 Å². The maximum atomic E-state index is 5.75. The predicted molar refractivity (Wildman–Crippen MR) is 40.8 cm³/mol. The molecule has 0 spiro atoms. The van der Waals surface area contributed by atoms with Crippen LogP contribution in [0.2, 0.25) is 5.28 Å². The fourth-order valence-electron chi connectivity index (χ4n) is 0.552. The first-order valence-electron chi connectivity index (χ1n) is 3.24. The van der Waals surface area contributed by atoms with Crippen molar-refractivity contribution < 1.29 is 0 Å². The summed E-state index contributed by atoms with van der Waals surface area (Å²) in [4.78, 5) is 0. The average molecular weight is 148 g/mol. The number of hydrogen-bond donors (Lipinski definition) is 0. The highest BCUT2D eigenvalue weighted by atomic mass is 35.5. The number of alkyl halides is 1. The highest BCUT2D eigenvalue weighted by Crippen LogP contribution is 1.99. The SMILES string of the molecule is CCC[CH2][Al][CH](C)Cl. The van der Waals surface area contributed by atoms with Crippen LogP contribution in [0.3, 0.4) is 0 Å². The van der Waals surface area contributed by atoms with Crippen LogP contribution in [-0.4, -0.2) is 19.5 Å². The molecule has 8 heavy (non-hydrogen) atoms. The van der Waals surface area contributed by atoms with Gasteiger partial charge in [-0.15, -0.1) is 16.9 Å². The molecule has 0 bridgehead atoms. The molecule has 0 saturated heterocycles. The average Bonchev–Trinajstić information content (AvgIpc) is 1.66. The van der Waals surface area contributed by atoms with Crippen molar-refractivity contribution in [1.29, 1.82) is 0 Å². The molecule has 0 heterocycles. The molecule has 0 amide bonds. The second-order valence-corrected chi connectivity index (χ2v) is 5.22. The van der Waals surface area contributed by atoms with Crippen LogP contribution in [0, 0.1) is 0 Å². The Balaban J connectivity index is 2.72. The molecule has 47 valence electrons. The Morgan fingerprint density at radius 1 is 1.62 bits per heavy atom. The van der Waals surface area contributed by atoms with Gasteiger partial charge in [0.2, 0.25) is 15.2 Å². The quantitative estimate of drug-likeness (QED) is 0.326. The van der Waals surface area contributed by atoms with E-state index in [1.165, 1.54) is 18.1 Å². The van der Waals surface area contributed by atoms with Gasteiger partial charge in [0, 0.05) is 0 Å². The van der Waals surface area contributed by atoms with Gasteiger partial charge in [-0.3, -0.25) is 0 Å². The van der Waals surface area contributed by atoms with Crippen LogP contribution >= 0.6 is 11.6 Å². The lowest BCUT2D eigenvalue weighted by Crippen LogP contribution is -2.02. The van der Waals surface area contributed by atoms with Gasteiger partial charge in [0.15, 0.2) is 0 Å².